The molecule has 3 nitrogen and oxygen atoms in total. The van der Waals surface area contributed by atoms with Crippen molar-refractivity contribution in [3.63, 3.8) is 0 Å². The number of carbonyl (C=O) groups is 1. The smallest absolute Gasteiger partial charge is 0.410 e. The number of likely N-dealkylation sites (tertiary alicyclic amines) is 1. The van der Waals surface area contributed by atoms with E-state index in [-0.39, 0.29) is 6.09 Å². The highest BCUT2D eigenvalue weighted by Gasteiger charge is 2.26. The van der Waals surface area contributed by atoms with Gasteiger partial charge in [0, 0.05) is 13.1 Å². The van der Waals surface area contributed by atoms with Crippen LogP contribution in [0, 0.1) is 5.92 Å². The Bertz CT molecular complexity index is 283. The lowest BCUT2D eigenvalue weighted by Gasteiger charge is -2.33. The molecule has 0 aliphatic carbocycles. The number of hydrogen-bond acceptors (Lipinski definition) is 2. The van der Waals surface area contributed by atoms with Crippen molar-refractivity contribution in [2.24, 2.45) is 5.92 Å². The van der Waals surface area contributed by atoms with E-state index in [1.54, 1.807) is 0 Å². The first-order chi connectivity index (χ1) is 8.42. The third-order valence-electron chi connectivity index (χ3n) is 3.14. The first kappa shape index (κ1) is 15.1. The molecule has 1 heterocycles. The minimum absolute atomic E-state index is 0.162. The van der Waals surface area contributed by atoms with E-state index >= 15 is 0 Å². The highest BCUT2D eigenvalue weighted by molar-refractivity contribution is 5.68. The summed E-state index contributed by atoms with van der Waals surface area (Å²) in [5.41, 5.74) is -0.391. The van der Waals surface area contributed by atoms with Gasteiger partial charge in [-0.15, -0.1) is 0 Å². The molecule has 1 saturated heterocycles. The lowest BCUT2D eigenvalue weighted by atomic mass is 9.93. The van der Waals surface area contributed by atoms with Gasteiger partial charge in [0.1, 0.15) is 5.60 Å². The molecule has 1 amide bonds. The summed E-state index contributed by atoms with van der Waals surface area (Å²) in [4.78, 5) is 13.7. The first-order valence-corrected chi connectivity index (χ1v) is 7.05. The molecule has 0 unspecified atom stereocenters. The van der Waals surface area contributed by atoms with E-state index in [1.807, 2.05) is 25.7 Å². The van der Waals surface area contributed by atoms with Crippen LogP contribution in [-0.4, -0.2) is 29.7 Å². The summed E-state index contributed by atoms with van der Waals surface area (Å²) in [5.74, 6) is 0.728. The number of rotatable bonds is 3. The maximum atomic E-state index is 11.9. The van der Waals surface area contributed by atoms with Crippen LogP contribution in [0.1, 0.15) is 53.4 Å². The Hall–Kier alpha value is -0.990. The summed E-state index contributed by atoms with van der Waals surface area (Å²) < 4.78 is 5.38. The van der Waals surface area contributed by atoms with Crippen LogP contribution in [0.4, 0.5) is 4.79 Å². The van der Waals surface area contributed by atoms with Crippen molar-refractivity contribution in [3.05, 3.63) is 12.2 Å². The molecular formula is C15H27NO2. The maximum absolute atomic E-state index is 11.9. The second-order valence-corrected chi connectivity index (χ2v) is 6.03. The Morgan fingerprint density at radius 2 is 1.89 bits per heavy atom. The zero-order valence-corrected chi connectivity index (χ0v) is 12.2. The zero-order chi connectivity index (χ0) is 13.6. The van der Waals surface area contributed by atoms with Gasteiger partial charge in [-0.3, -0.25) is 0 Å². The minimum Gasteiger partial charge on any atom is -0.444 e. The van der Waals surface area contributed by atoms with Crippen molar-refractivity contribution in [3.8, 4) is 0 Å². The topological polar surface area (TPSA) is 29.5 Å². The van der Waals surface area contributed by atoms with Crippen LogP contribution in [0.3, 0.4) is 0 Å². The summed E-state index contributed by atoms with van der Waals surface area (Å²) >= 11 is 0. The summed E-state index contributed by atoms with van der Waals surface area (Å²) in [6.45, 7) is 9.55. The molecule has 18 heavy (non-hydrogen) atoms. The molecule has 0 atom stereocenters. The fourth-order valence-electron chi connectivity index (χ4n) is 2.13. The fraction of sp³-hybridized carbons (Fsp3) is 0.800. The lowest BCUT2D eigenvalue weighted by molar-refractivity contribution is 0.0185. The van der Waals surface area contributed by atoms with Crippen molar-refractivity contribution in [2.75, 3.05) is 13.1 Å². The summed E-state index contributed by atoms with van der Waals surface area (Å²) in [5, 5.41) is 0. The fourth-order valence-corrected chi connectivity index (χ4v) is 2.13. The van der Waals surface area contributed by atoms with Crippen LogP contribution in [0.15, 0.2) is 12.2 Å². The van der Waals surface area contributed by atoms with Crippen molar-refractivity contribution in [1.82, 2.24) is 4.90 Å². The zero-order valence-electron chi connectivity index (χ0n) is 12.2. The molecule has 1 aliphatic heterocycles. The molecule has 0 bridgehead atoms. The number of amides is 1. The highest BCUT2D eigenvalue weighted by Crippen LogP contribution is 2.22. The molecule has 1 fully saturated rings. The number of nitrogens with zero attached hydrogens (tertiary/aromatic N) is 1. The summed E-state index contributed by atoms with van der Waals surface area (Å²) in [6, 6.07) is 0. The van der Waals surface area contributed by atoms with Gasteiger partial charge in [0.25, 0.3) is 0 Å². The molecule has 0 aromatic rings. The number of carbonyl (C=O) groups excluding carboxylic acids is 1. The third kappa shape index (κ3) is 5.56. The van der Waals surface area contributed by atoms with Crippen LogP contribution >= 0.6 is 0 Å². The summed E-state index contributed by atoms with van der Waals surface area (Å²) in [7, 11) is 0. The van der Waals surface area contributed by atoms with E-state index in [1.165, 1.54) is 0 Å². The van der Waals surface area contributed by atoms with Crippen LogP contribution in [0.2, 0.25) is 0 Å². The lowest BCUT2D eigenvalue weighted by Crippen LogP contribution is -2.41. The molecule has 3 heteroatoms. The molecule has 0 aromatic heterocycles. The quantitative estimate of drug-likeness (QED) is 0.712. The minimum atomic E-state index is -0.391. The van der Waals surface area contributed by atoms with Crippen LogP contribution < -0.4 is 0 Å². The summed E-state index contributed by atoms with van der Waals surface area (Å²) in [6.07, 6.45) is 8.77. The molecule has 0 saturated carbocycles. The van der Waals surface area contributed by atoms with Gasteiger partial charge in [0.05, 0.1) is 0 Å². The van der Waals surface area contributed by atoms with Crippen LogP contribution in [0.25, 0.3) is 0 Å². The monoisotopic (exact) mass is 253 g/mol. The van der Waals surface area contributed by atoms with Gasteiger partial charge in [-0.1, -0.05) is 19.1 Å². The second-order valence-electron chi connectivity index (χ2n) is 6.03. The highest BCUT2D eigenvalue weighted by atomic mass is 16.6. The average molecular weight is 253 g/mol. The molecule has 1 rings (SSSR count). The number of ether oxygens (including phenoxy) is 1. The molecular weight excluding hydrogens is 226 g/mol. The van der Waals surface area contributed by atoms with Crippen molar-refractivity contribution >= 4 is 6.09 Å². The predicted molar refractivity (Wildman–Crippen MR) is 74.6 cm³/mol. The van der Waals surface area contributed by atoms with E-state index in [0.717, 1.165) is 44.7 Å². The van der Waals surface area contributed by atoms with E-state index in [2.05, 4.69) is 19.1 Å². The average Bonchev–Trinajstić information content (AvgIpc) is 2.28. The normalized spacial score (nSPS) is 18.3. The van der Waals surface area contributed by atoms with E-state index in [4.69, 9.17) is 4.74 Å². The molecule has 104 valence electrons. The van der Waals surface area contributed by atoms with E-state index in [0.29, 0.717) is 0 Å². The molecule has 1 aliphatic rings. The Morgan fingerprint density at radius 3 is 2.39 bits per heavy atom. The van der Waals surface area contributed by atoms with Gasteiger partial charge in [-0.2, -0.15) is 0 Å². The number of allylic oxidation sites excluding steroid dienone is 2. The largest absolute Gasteiger partial charge is 0.444 e. The Balaban J connectivity index is 2.30. The van der Waals surface area contributed by atoms with E-state index < -0.39 is 5.60 Å². The molecule has 0 spiro atoms. The number of hydrogen-bond donors (Lipinski definition) is 0. The van der Waals surface area contributed by atoms with Crippen LogP contribution in [-0.2, 0) is 4.74 Å². The Kier molecular flexibility index (Phi) is 5.70. The van der Waals surface area contributed by atoms with Gasteiger partial charge in [-0.05, 0) is 52.4 Å². The van der Waals surface area contributed by atoms with E-state index in [9.17, 15) is 4.79 Å². The van der Waals surface area contributed by atoms with Gasteiger partial charge >= 0.3 is 6.09 Å². The van der Waals surface area contributed by atoms with Crippen molar-refractivity contribution < 1.29 is 9.53 Å². The van der Waals surface area contributed by atoms with Crippen molar-refractivity contribution in [2.45, 2.75) is 59.0 Å². The van der Waals surface area contributed by atoms with Crippen molar-refractivity contribution in [1.29, 1.82) is 0 Å². The predicted octanol–water partition coefficient (Wildman–Crippen LogP) is 3.99. The van der Waals surface area contributed by atoms with Gasteiger partial charge in [0.15, 0.2) is 0 Å². The first-order valence-electron chi connectivity index (χ1n) is 7.05. The third-order valence-corrected chi connectivity index (χ3v) is 3.14. The standard InChI is InChI=1S/C15H27NO2/c1-5-6-7-8-13-9-11-16(12-10-13)14(17)18-15(2,3)4/h6-7,13H,5,8-12H2,1-4H3/b7-6-. The van der Waals surface area contributed by atoms with Gasteiger partial charge < -0.3 is 9.64 Å². The van der Waals surface area contributed by atoms with Gasteiger partial charge in [0.2, 0.25) is 0 Å². The molecule has 0 N–H and O–H groups in total. The second kappa shape index (κ2) is 6.81. The molecule has 0 aromatic carbocycles. The Labute approximate surface area is 111 Å². The SMILES string of the molecule is CC/C=C\CC1CCN(C(=O)OC(C)(C)C)CC1. The number of piperidine rings is 1. The Morgan fingerprint density at radius 1 is 1.28 bits per heavy atom. The maximum Gasteiger partial charge on any atom is 0.410 e. The molecule has 0 radical (unpaired) electrons. The van der Waals surface area contributed by atoms with Crippen LogP contribution in [0.5, 0.6) is 0 Å². The van der Waals surface area contributed by atoms with Gasteiger partial charge in [-0.25, -0.2) is 4.79 Å².